The van der Waals surface area contributed by atoms with Crippen LogP contribution >= 0.6 is 0 Å². The van der Waals surface area contributed by atoms with E-state index in [1.54, 1.807) is 24.3 Å². The lowest BCUT2D eigenvalue weighted by molar-refractivity contribution is -0.298. The highest BCUT2D eigenvalue weighted by Crippen LogP contribution is 2.38. The Kier molecular flexibility index (Phi) is 5.01. The third-order valence-corrected chi connectivity index (χ3v) is 4.19. The topological polar surface area (TPSA) is 75.7 Å². The molecule has 6 heteroatoms. The summed E-state index contributed by atoms with van der Waals surface area (Å²) in [5.41, 5.74) is -1.04. The summed E-state index contributed by atoms with van der Waals surface area (Å²) in [5, 5.41) is 13.4. The van der Waals surface area contributed by atoms with Gasteiger partial charge in [0.1, 0.15) is 17.4 Å². The second kappa shape index (κ2) is 6.53. The zero-order valence-corrected chi connectivity index (χ0v) is 14.8. The Morgan fingerprint density at radius 2 is 1.62 bits per heavy atom. The Balaban J connectivity index is 2.17. The van der Waals surface area contributed by atoms with Gasteiger partial charge in [-0.05, 0) is 39.8 Å². The van der Waals surface area contributed by atoms with Gasteiger partial charge >= 0.3 is 11.9 Å². The molecule has 1 aliphatic rings. The van der Waals surface area contributed by atoms with Gasteiger partial charge < -0.3 is 9.47 Å². The Labute approximate surface area is 142 Å². The zero-order valence-electron chi connectivity index (χ0n) is 14.8. The summed E-state index contributed by atoms with van der Waals surface area (Å²) in [6.45, 7) is 8.64. The monoisotopic (exact) mass is 334 g/mol. The SMILES string of the molecule is CC(=O)Oc1ccccc1C(=O)OC1CC(C)(C)N([O])C(C)(C)C1. The van der Waals surface area contributed by atoms with Gasteiger partial charge in [-0.25, -0.2) is 4.79 Å². The van der Waals surface area contributed by atoms with Crippen LogP contribution in [0.1, 0.15) is 57.8 Å². The van der Waals surface area contributed by atoms with Gasteiger partial charge in [0.2, 0.25) is 0 Å². The number of para-hydroxylation sites is 1. The van der Waals surface area contributed by atoms with Crippen molar-refractivity contribution in [2.45, 2.75) is 64.6 Å². The number of carbonyl (C=O) groups is 2. The molecule has 6 nitrogen and oxygen atoms in total. The number of carbonyl (C=O) groups excluding carboxylic acids is 2. The molecular weight excluding hydrogens is 310 g/mol. The van der Waals surface area contributed by atoms with E-state index in [0.717, 1.165) is 5.06 Å². The van der Waals surface area contributed by atoms with E-state index in [1.807, 2.05) is 27.7 Å². The number of benzene rings is 1. The summed E-state index contributed by atoms with van der Waals surface area (Å²) in [6.07, 6.45) is 0.515. The molecule has 0 N–H and O–H groups in total. The number of nitrogens with zero attached hydrogens (tertiary/aromatic N) is 1. The maximum Gasteiger partial charge on any atom is 0.342 e. The molecule has 0 aliphatic carbocycles. The molecule has 0 saturated carbocycles. The highest BCUT2D eigenvalue weighted by molar-refractivity contribution is 5.93. The molecule has 0 spiro atoms. The molecule has 1 aromatic rings. The maximum atomic E-state index is 12.5. The molecule has 1 aromatic carbocycles. The van der Waals surface area contributed by atoms with Crippen LogP contribution in [0.3, 0.4) is 0 Å². The summed E-state index contributed by atoms with van der Waals surface area (Å²) in [4.78, 5) is 23.7. The fourth-order valence-corrected chi connectivity index (χ4v) is 3.35. The number of esters is 2. The van der Waals surface area contributed by atoms with E-state index in [-0.39, 0.29) is 17.4 Å². The van der Waals surface area contributed by atoms with Crippen molar-refractivity contribution in [2.75, 3.05) is 0 Å². The van der Waals surface area contributed by atoms with Gasteiger partial charge in [-0.1, -0.05) is 12.1 Å². The van der Waals surface area contributed by atoms with Crippen LogP contribution in [-0.2, 0) is 14.7 Å². The number of hydroxylamine groups is 2. The molecule has 0 unspecified atom stereocenters. The third-order valence-electron chi connectivity index (χ3n) is 4.19. The normalized spacial score (nSPS) is 20.4. The minimum absolute atomic E-state index is 0.176. The molecular formula is C18H24NO5. The number of hydrogen-bond donors (Lipinski definition) is 0. The average Bonchev–Trinajstić information content (AvgIpc) is 2.44. The van der Waals surface area contributed by atoms with Gasteiger partial charge in [-0.2, -0.15) is 0 Å². The van der Waals surface area contributed by atoms with Gasteiger partial charge in [-0.15, -0.1) is 10.3 Å². The van der Waals surface area contributed by atoms with Crippen molar-refractivity contribution in [3.05, 3.63) is 29.8 Å². The van der Waals surface area contributed by atoms with Crippen LogP contribution in [0.25, 0.3) is 0 Å². The van der Waals surface area contributed by atoms with Crippen LogP contribution in [0.2, 0.25) is 0 Å². The van der Waals surface area contributed by atoms with Crippen LogP contribution in [0.4, 0.5) is 0 Å². The van der Waals surface area contributed by atoms with E-state index in [4.69, 9.17) is 9.47 Å². The van der Waals surface area contributed by atoms with Gasteiger partial charge in [-0.3, -0.25) is 4.79 Å². The first-order valence-corrected chi connectivity index (χ1v) is 7.99. The fourth-order valence-electron chi connectivity index (χ4n) is 3.35. The number of piperidine rings is 1. The number of rotatable bonds is 3. The Morgan fingerprint density at radius 1 is 1.08 bits per heavy atom. The van der Waals surface area contributed by atoms with Crippen molar-refractivity contribution >= 4 is 11.9 Å². The van der Waals surface area contributed by atoms with Crippen LogP contribution in [-0.4, -0.2) is 34.2 Å². The van der Waals surface area contributed by atoms with Gasteiger partial charge in [0.25, 0.3) is 0 Å². The number of ether oxygens (including phenoxy) is 2. The van der Waals surface area contributed by atoms with E-state index in [1.165, 1.54) is 6.92 Å². The predicted octanol–water partition coefficient (Wildman–Crippen LogP) is 3.14. The average molecular weight is 334 g/mol. The quantitative estimate of drug-likeness (QED) is 0.627. The Hall–Kier alpha value is -1.92. The molecule has 1 heterocycles. The molecule has 1 fully saturated rings. The molecule has 0 amide bonds. The second-order valence-electron chi connectivity index (χ2n) is 7.44. The van der Waals surface area contributed by atoms with Crippen molar-refractivity contribution in [1.82, 2.24) is 5.06 Å². The number of hydrogen-bond acceptors (Lipinski definition) is 5. The summed E-state index contributed by atoms with van der Waals surface area (Å²) < 4.78 is 10.7. The smallest absolute Gasteiger partial charge is 0.342 e. The molecule has 131 valence electrons. The summed E-state index contributed by atoms with van der Waals surface area (Å²) in [7, 11) is 0. The standard InChI is InChI=1S/C18H24NO5/c1-12(20)23-15-9-7-6-8-14(15)16(21)24-13-10-17(2,3)19(22)18(4,5)11-13/h6-9,13H,10-11H2,1-5H3. The van der Waals surface area contributed by atoms with Crippen molar-refractivity contribution in [3.8, 4) is 5.75 Å². The first kappa shape index (κ1) is 18.4. The van der Waals surface area contributed by atoms with Crippen LogP contribution in [0, 0.1) is 0 Å². The van der Waals surface area contributed by atoms with E-state index in [9.17, 15) is 14.8 Å². The summed E-state index contributed by atoms with van der Waals surface area (Å²) in [6, 6.07) is 6.46. The van der Waals surface area contributed by atoms with E-state index in [2.05, 4.69) is 0 Å². The van der Waals surface area contributed by atoms with Crippen molar-refractivity contribution in [1.29, 1.82) is 0 Å². The first-order valence-electron chi connectivity index (χ1n) is 7.99. The molecule has 0 aromatic heterocycles. The molecule has 0 atom stereocenters. The minimum Gasteiger partial charge on any atom is -0.459 e. The highest BCUT2D eigenvalue weighted by atomic mass is 16.6. The molecule has 1 aliphatic heterocycles. The lowest BCUT2D eigenvalue weighted by Gasteiger charge is -2.49. The highest BCUT2D eigenvalue weighted by Gasteiger charge is 2.47. The molecule has 1 saturated heterocycles. The van der Waals surface area contributed by atoms with Gasteiger partial charge in [0.05, 0.1) is 0 Å². The molecule has 24 heavy (non-hydrogen) atoms. The Morgan fingerprint density at radius 3 is 2.17 bits per heavy atom. The molecule has 2 rings (SSSR count). The van der Waals surface area contributed by atoms with E-state index < -0.39 is 23.0 Å². The summed E-state index contributed by atoms with van der Waals surface area (Å²) >= 11 is 0. The minimum atomic E-state index is -0.623. The first-order chi connectivity index (χ1) is 11.0. The van der Waals surface area contributed by atoms with Crippen molar-refractivity contribution < 1.29 is 24.3 Å². The second-order valence-corrected chi connectivity index (χ2v) is 7.44. The van der Waals surface area contributed by atoms with Gasteiger partial charge in [0, 0.05) is 30.8 Å². The Bertz CT molecular complexity index is 620. The van der Waals surface area contributed by atoms with Crippen LogP contribution in [0.5, 0.6) is 5.75 Å². The molecule has 0 bridgehead atoms. The van der Waals surface area contributed by atoms with Crippen LogP contribution < -0.4 is 4.74 Å². The third kappa shape index (κ3) is 3.94. The van der Waals surface area contributed by atoms with Crippen molar-refractivity contribution in [3.63, 3.8) is 0 Å². The lowest BCUT2D eigenvalue weighted by atomic mass is 9.80. The zero-order chi connectivity index (χ0) is 18.1. The fraction of sp³-hybridized carbons (Fsp3) is 0.556. The lowest BCUT2D eigenvalue weighted by Crippen LogP contribution is -2.60. The largest absolute Gasteiger partial charge is 0.459 e. The van der Waals surface area contributed by atoms with Gasteiger partial charge in [0.15, 0.2) is 0 Å². The van der Waals surface area contributed by atoms with Crippen LogP contribution in [0.15, 0.2) is 24.3 Å². The maximum absolute atomic E-state index is 12.5. The molecule has 1 radical (unpaired) electrons. The van der Waals surface area contributed by atoms with E-state index in [0.29, 0.717) is 12.8 Å². The van der Waals surface area contributed by atoms with Crippen molar-refractivity contribution in [2.24, 2.45) is 0 Å². The summed E-state index contributed by atoms with van der Waals surface area (Å²) in [5.74, 6) is -0.880. The van der Waals surface area contributed by atoms with E-state index >= 15 is 0 Å². The predicted molar refractivity (Wildman–Crippen MR) is 86.9 cm³/mol.